The number of rotatable bonds is 5. The van der Waals surface area contributed by atoms with Crippen molar-refractivity contribution in [2.75, 3.05) is 12.4 Å². The first-order valence-corrected chi connectivity index (χ1v) is 7.60. The molecule has 0 aliphatic carbocycles. The zero-order valence-electron chi connectivity index (χ0n) is 11.1. The second-order valence-electron chi connectivity index (χ2n) is 4.23. The molecule has 0 atom stereocenters. The van der Waals surface area contributed by atoms with Gasteiger partial charge in [-0.3, -0.25) is 10.1 Å². The summed E-state index contributed by atoms with van der Waals surface area (Å²) < 4.78 is 6.87. The lowest BCUT2D eigenvalue weighted by Crippen LogP contribution is -2.04. The van der Waals surface area contributed by atoms with E-state index in [0.717, 1.165) is 15.8 Å². The van der Waals surface area contributed by atoms with Crippen molar-refractivity contribution >= 4 is 43.2 Å². The molecule has 0 saturated carbocycles. The molecule has 0 aliphatic heterocycles. The summed E-state index contributed by atoms with van der Waals surface area (Å²) >= 11 is 6.64. The summed E-state index contributed by atoms with van der Waals surface area (Å²) in [5.74, 6) is 0.727. The van der Waals surface area contributed by atoms with Crippen molar-refractivity contribution in [3.63, 3.8) is 0 Å². The van der Waals surface area contributed by atoms with E-state index in [4.69, 9.17) is 4.74 Å². The van der Waals surface area contributed by atoms with E-state index in [1.807, 2.05) is 18.2 Å². The van der Waals surface area contributed by atoms with Crippen LogP contribution >= 0.6 is 31.9 Å². The molecule has 0 unspecified atom stereocenters. The number of hydrogen-bond donors (Lipinski definition) is 1. The topological polar surface area (TPSA) is 64.4 Å². The third-order valence-electron chi connectivity index (χ3n) is 2.87. The number of nitrogens with zero attached hydrogens (tertiary/aromatic N) is 1. The Labute approximate surface area is 138 Å². The number of nitro groups is 1. The first-order chi connectivity index (χ1) is 10.0. The highest BCUT2D eigenvalue weighted by Crippen LogP contribution is 2.30. The summed E-state index contributed by atoms with van der Waals surface area (Å²) in [6.07, 6.45) is 0. The second-order valence-corrected chi connectivity index (χ2v) is 6.06. The van der Waals surface area contributed by atoms with Gasteiger partial charge in [-0.15, -0.1) is 0 Å². The predicted octanol–water partition coefficient (Wildman–Crippen LogP) is 4.74. The lowest BCUT2D eigenvalue weighted by atomic mass is 10.2. The Kier molecular flexibility index (Phi) is 5.19. The van der Waals surface area contributed by atoms with Gasteiger partial charge in [-0.1, -0.05) is 31.9 Å². The maximum atomic E-state index is 11.1. The maximum absolute atomic E-state index is 11.1. The molecule has 0 aromatic heterocycles. The van der Waals surface area contributed by atoms with Crippen molar-refractivity contribution in [3.8, 4) is 5.75 Å². The van der Waals surface area contributed by atoms with E-state index in [1.165, 1.54) is 6.07 Å². The van der Waals surface area contributed by atoms with Crippen molar-refractivity contribution < 1.29 is 9.66 Å². The third-order valence-corrected chi connectivity index (χ3v) is 3.85. The molecule has 0 heterocycles. The Morgan fingerprint density at radius 3 is 2.52 bits per heavy atom. The van der Waals surface area contributed by atoms with Crippen LogP contribution in [0.2, 0.25) is 0 Å². The van der Waals surface area contributed by atoms with E-state index in [-0.39, 0.29) is 5.69 Å². The fourth-order valence-electron chi connectivity index (χ4n) is 1.88. The number of benzene rings is 2. The minimum absolute atomic E-state index is 0.0262. The quantitative estimate of drug-likeness (QED) is 0.565. The van der Waals surface area contributed by atoms with Gasteiger partial charge in [-0.25, -0.2) is 0 Å². The van der Waals surface area contributed by atoms with Crippen LogP contribution in [-0.4, -0.2) is 12.0 Å². The van der Waals surface area contributed by atoms with Crippen molar-refractivity contribution in [1.82, 2.24) is 0 Å². The molecule has 0 spiro atoms. The summed E-state index contributed by atoms with van der Waals surface area (Å²) in [5, 5.41) is 14.2. The Bertz CT molecular complexity index is 677. The lowest BCUT2D eigenvalue weighted by Gasteiger charge is -2.11. The molecule has 2 aromatic carbocycles. The van der Waals surface area contributed by atoms with Crippen molar-refractivity contribution in [2.24, 2.45) is 0 Å². The second kappa shape index (κ2) is 6.91. The normalized spacial score (nSPS) is 10.2. The minimum Gasteiger partial charge on any atom is -0.496 e. The van der Waals surface area contributed by atoms with Crippen molar-refractivity contribution in [1.29, 1.82) is 0 Å². The van der Waals surface area contributed by atoms with Gasteiger partial charge in [0.2, 0.25) is 0 Å². The van der Waals surface area contributed by atoms with Crippen LogP contribution in [0.4, 0.5) is 11.4 Å². The molecule has 21 heavy (non-hydrogen) atoms. The highest BCUT2D eigenvalue weighted by molar-refractivity contribution is 9.10. The van der Waals surface area contributed by atoms with Gasteiger partial charge in [0, 0.05) is 27.1 Å². The van der Waals surface area contributed by atoms with Crippen LogP contribution in [0.25, 0.3) is 0 Å². The summed E-state index contributed by atoms with van der Waals surface area (Å²) in [6, 6.07) is 10.5. The molecular formula is C14H12Br2N2O3. The SMILES string of the molecule is COc1ccc(Br)cc1CNc1ccc(Br)cc1[N+](=O)[O-]. The smallest absolute Gasteiger partial charge is 0.293 e. The van der Waals surface area contributed by atoms with Crippen LogP contribution in [0.5, 0.6) is 5.75 Å². The molecule has 0 fully saturated rings. The zero-order chi connectivity index (χ0) is 15.4. The molecule has 1 N–H and O–H groups in total. The van der Waals surface area contributed by atoms with Gasteiger partial charge in [-0.2, -0.15) is 0 Å². The molecule has 110 valence electrons. The van der Waals surface area contributed by atoms with Gasteiger partial charge in [-0.05, 0) is 30.3 Å². The van der Waals surface area contributed by atoms with E-state index in [2.05, 4.69) is 37.2 Å². The molecule has 0 aliphatic rings. The standard InChI is InChI=1S/C14H12Br2N2O3/c1-21-14-5-3-10(15)6-9(14)8-17-12-4-2-11(16)7-13(12)18(19)20/h2-7,17H,8H2,1H3. The molecule has 0 radical (unpaired) electrons. The van der Waals surface area contributed by atoms with Gasteiger partial charge in [0.1, 0.15) is 11.4 Å². The number of methoxy groups -OCH3 is 1. The monoisotopic (exact) mass is 414 g/mol. The lowest BCUT2D eigenvalue weighted by molar-refractivity contribution is -0.384. The largest absolute Gasteiger partial charge is 0.496 e. The van der Waals surface area contributed by atoms with E-state index in [1.54, 1.807) is 19.2 Å². The fraction of sp³-hybridized carbons (Fsp3) is 0.143. The van der Waals surface area contributed by atoms with Crippen LogP contribution in [0.15, 0.2) is 45.3 Å². The summed E-state index contributed by atoms with van der Waals surface area (Å²) in [7, 11) is 1.59. The third kappa shape index (κ3) is 3.95. The van der Waals surface area contributed by atoms with E-state index in [9.17, 15) is 10.1 Å². The van der Waals surface area contributed by atoms with Gasteiger partial charge >= 0.3 is 0 Å². The number of ether oxygens (including phenoxy) is 1. The number of hydrogen-bond acceptors (Lipinski definition) is 4. The Balaban J connectivity index is 2.24. The first-order valence-electron chi connectivity index (χ1n) is 6.01. The van der Waals surface area contributed by atoms with Gasteiger partial charge in [0.25, 0.3) is 5.69 Å². The minimum atomic E-state index is -0.411. The Hall–Kier alpha value is -1.60. The Morgan fingerprint density at radius 2 is 1.86 bits per heavy atom. The summed E-state index contributed by atoms with van der Waals surface area (Å²) in [5.41, 5.74) is 1.40. The highest BCUT2D eigenvalue weighted by Gasteiger charge is 2.14. The average Bonchev–Trinajstić information content (AvgIpc) is 2.46. The van der Waals surface area contributed by atoms with E-state index < -0.39 is 4.92 Å². The molecule has 0 bridgehead atoms. The average molecular weight is 416 g/mol. The van der Waals surface area contributed by atoms with E-state index in [0.29, 0.717) is 16.7 Å². The first kappa shape index (κ1) is 15.8. The van der Waals surface area contributed by atoms with Crippen LogP contribution in [0.3, 0.4) is 0 Å². The summed E-state index contributed by atoms with van der Waals surface area (Å²) in [4.78, 5) is 10.7. The van der Waals surface area contributed by atoms with Crippen molar-refractivity contribution in [2.45, 2.75) is 6.54 Å². The molecule has 5 nitrogen and oxygen atoms in total. The molecular weight excluding hydrogens is 404 g/mol. The Morgan fingerprint density at radius 1 is 1.19 bits per heavy atom. The fourth-order valence-corrected chi connectivity index (χ4v) is 2.64. The van der Waals surface area contributed by atoms with Crippen LogP contribution in [0, 0.1) is 10.1 Å². The van der Waals surface area contributed by atoms with Gasteiger partial charge in [0.05, 0.1) is 12.0 Å². The molecule has 0 amide bonds. The number of nitrogens with one attached hydrogen (secondary N) is 1. The number of anilines is 1. The van der Waals surface area contributed by atoms with E-state index >= 15 is 0 Å². The maximum Gasteiger partial charge on any atom is 0.293 e. The molecule has 0 saturated heterocycles. The van der Waals surface area contributed by atoms with Crippen LogP contribution in [-0.2, 0) is 6.54 Å². The van der Waals surface area contributed by atoms with Crippen LogP contribution < -0.4 is 10.1 Å². The number of halogens is 2. The molecule has 2 aromatic rings. The molecule has 2 rings (SSSR count). The summed E-state index contributed by atoms with van der Waals surface area (Å²) in [6.45, 7) is 0.422. The molecule has 7 heteroatoms. The van der Waals surface area contributed by atoms with Gasteiger partial charge in [0.15, 0.2) is 0 Å². The van der Waals surface area contributed by atoms with Crippen molar-refractivity contribution in [3.05, 3.63) is 61.0 Å². The number of nitro benzene ring substituents is 1. The van der Waals surface area contributed by atoms with Gasteiger partial charge < -0.3 is 10.1 Å². The predicted molar refractivity (Wildman–Crippen MR) is 88.8 cm³/mol. The zero-order valence-corrected chi connectivity index (χ0v) is 14.3. The highest BCUT2D eigenvalue weighted by atomic mass is 79.9. The van der Waals surface area contributed by atoms with Crippen LogP contribution in [0.1, 0.15) is 5.56 Å².